The van der Waals surface area contributed by atoms with Crippen molar-refractivity contribution in [1.82, 2.24) is 0 Å². The van der Waals surface area contributed by atoms with Crippen molar-refractivity contribution >= 4 is 27.5 Å². The Balaban J connectivity index is 2.19. The maximum Gasteiger partial charge on any atom is 0.253 e. The lowest BCUT2D eigenvalue weighted by atomic mass is 10.1. The lowest BCUT2D eigenvalue weighted by Crippen LogP contribution is -2.19. The topological polar surface area (TPSA) is 88.5 Å². The fourth-order valence-electron chi connectivity index (χ4n) is 1.75. The number of primary amides is 1. The second-order valence-electron chi connectivity index (χ2n) is 4.09. The van der Waals surface area contributed by atoms with Gasteiger partial charge in [-0.3, -0.25) is 4.79 Å². The molecule has 0 saturated carbocycles. The molecule has 5 nitrogen and oxygen atoms in total. The van der Waals surface area contributed by atoms with Crippen molar-refractivity contribution < 1.29 is 18.7 Å². The van der Waals surface area contributed by atoms with Gasteiger partial charge in [-0.1, -0.05) is 15.9 Å². The van der Waals surface area contributed by atoms with Crippen molar-refractivity contribution in [2.24, 2.45) is 5.73 Å². The summed E-state index contributed by atoms with van der Waals surface area (Å²) in [7, 11) is 0. The number of amides is 1. The number of nitrogens with one attached hydrogen (secondary N) is 1. The van der Waals surface area contributed by atoms with Gasteiger partial charge >= 0.3 is 0 Å². The molecule has 1 heterocycles. The third-order valence-corrected chi connectivity index (χ3v) is 3.12. The number of rotatable bonds is 5. The normalized spacial score (nSPS) is 12.2. The van der Waals surface area contributed by atoms with Crippen molar-refractivity contribution in [3.8, 4) is 0 Å². The summed E-state index contributed by atoms with van der Waals surface area (Å²) >= 11 is 3.13. The molecule has 0 bridgehead atoms. The number of halogens is 2. The van der Waals surface area contributed by atoms with E-state index in [9.17, 15) is 14.3 Å². The van der Waals surface area contributed by atoms with E-state index in [-0.39, 0.29) is 17.8 Å². The van der Waals surface area contributed by atoms with Crippen LogP contribution in [0.2, 0.25) is 0 Å². The van der Waals surface area contributed by atoms with Crippen LogP contribution >= 0.6 is 15.9 Å². The number of hydrogen-bond donors (Lipinski definition) is 3. The van der Waals surface area contributed by atoms with Crippen LogP contribution in [0.4, 0.5) is 10.1 Å². The summed E-state index contributed by atoms with van der Waals surface area (Å²) < 4.78 is 19.2. The van der Waals surface area contributed by atoms with Gasteiger partial charge in [-0.2, -0.15) is 0 Å². The van der Waals surface area contributed by atoms with E-state index in [2.05, 4.69) is 21.2 Å². The largest absolute Gasteiger partial charge is 0.467 e. The Hall–Kier alpha value is -1.86. The number of benzene rings is 1. The number of nitrogens with two attached hydrogens (primary N) is 1. The standard InChI is InChI=1S/C13H12BrFN2O3/c14-7-4-8(15)12(13(16)19)9(5-7)17-6-10(18)11-2-1-3-20-11/h1-5,10,17-18H,6H2,(H2,16,19). The van der Waals surface area contributed by atoms with Crippen LogP contribution in [0.5, 0.6) is 0 Å². The molecule has 1 unspecified atom stereocenters. The molecule has 0 radical (unpaired) electrons. The van der Waals surface area contributed by atoms with Crippen LogP contribution in [0, 0.1) is 5.82 Å². The molecule has 0 saturated heterocycles. The lowest BCUT2D eigenvalue weighted by molar-refractivity contribution is 0.0997. The van der Waals surface area contributed by atoms with E-state index < -0.39 is 17.8 Å². The summed E-state index contributed by atoms with van der Waals surface area (Å²) in [5, 5.41) is 12.6. The fraction of sp³-hybridized carbons (Fsp3) is 0.154. The monoisotopic (exact) mass is 342 g/mol. The van der Waals surface area contributed by atoms with Gasteiger partial charge in [-0.25, -0.2) is 4.39 Å². The first-order chi connectivity index (χ1) is 9.49. The molecule has 0 fully saturated rings. The van der Waals surface area contributed by atoms with Gasteiger partial charge in [0.05, 0.1) is 17.5 Å². The summed E-state index contributed by atoms with van der Waals surface area (Å²) in [5.41, 5.74) is 5.10. The van der Waals surface area contributed by atoms with Crippen LogP contribution in [-0.2, 0) is 0 Å². The SMILES string of the molecule is NC(=O)c1c(F)cc(Br)cc1NCC(O)c1ccco1. The van der Waals surface area contributed by atoms with Gasteiger partial charge in [0.15, 0.2) is 0 Å². The Morgan fingerprint density at radius 3 is 2.90 bits per heavy atom. The lowest BCUT2D eigenvalue weighted by Gasteiger charge is -2.14. The smallest absolute Gasteiger partial charge is 0.253 e. The molecule has 4 N–H and O–H groups in total. The van der Waals surface area contributed by atoms with E-state index >= 15 is 0 Å². The first kappa shape index (κ1) is 14.5. The van der Waals surface area contributed by atoms with Crippen molar-refractivity contribution in [2.75, 3.05) is 11.9 Å². The highest BCUT2D eigenvalue weighted by Crippen LogP contribution is 2.25. The van der Waals surface area contributed by atoms with Gasteiger partial charge in [-0.15, -0.1) is 0 Å². The van der Waals surface area contributed by atoms with Gasteiger partial charge in [0, 0.05) is 11.0 Å². The molecule has 1 aromatic carbocycles. The van der Waals surface area contributed by atoms with E-state index in [1.807, 2.05) is 0 Å². The highest BCUT2D eigenvalue weighted by atomic mass is 79.9. The van der Waals surface area contributed by atoms with Crippen LogP contribution in [0.1, 0.15) is 22.2 Å². The molecular formula is C13H12BrFN2O3. The summed E-state index contributed by atoms with van der Waals surface area (Å²) in [6.07, 6.45) is 0.513. The molecule has 2 aromatic rings. The van der Waals surface area contributed by atoms with Crippen LogP contribution in [0.3, 0.4) is 0 Å². The quantitative estimate of drug-likeness (QED) is 0.778. The fourth-order valence-corrected chi connectivity index (χ4v) is 2.18. The minimum atomic E-state index is -0.923. The molecule has 0 aliphatic carbocycles. The van der Waals surface area contributed by atoms with Gasteiger partial charge < -0.3 is 20.6 Å². The first-order valence-electron chi connectivity index (χ1n) is 5.73. The first-order valence-corrected chi connectivity index (χ1v) is 6.52. The third-order valence-electron chi connectivity index (χ3n) is 2.66. The van der Waals surface area contributed by atoms with E-state index in [0.29, 0.717) is 10.2 Å². The number of hydrogen-bond acceptors (Lipinski definition) is 4. The second kappa shape index (κ2) is 6.06. The molecule has 7 heteroatoms. The van der Waals surface area contributed by atoms with Gasteiger partial charge in [0.2, 0.25) is 0 Å². The number of anilines is 1. The van der Waals surface area contributed by atoms with Crippen LogP contribution < -0.4 is 11.1 Å². The van der Waals surface area contributed by atoms with Crippen LogP contribution in [-0.4, -0.2) is 17.6 Å². The maximum absolute atomic E-state index is 13.7. The van der Waals surface area contributed by atoms with Crippen LogP contribution in [0.25, 0.3) is 0 Å². The molecule has 1 amide bonds. The molecule has 106 valence electrons. The average Bonchev–Trinajstić information content (AvgIpc) is 2.88. The molecule has 1 aromatic heterocycles. The number of carbonyl (C=O) groups excluding carboxylic acids is 1. The van der Waals surface area contributed by atoms with E-state index in [0.717, 1.165) is 6.07 Å². The van der Waals surface area contributed by atoms with Crippen molar-refractivity contribution in [3.63, 3.8) is 0 Å². The Labute approximate surface area is 122 Å². The predicted molar refractivity (Wildman–Crippen MR) is 74.8 cm³/mol. The second-order valence-corrected chi connectivity index (χ2v) is 5.00. The summed E-state index contributed by atoms with van der Waals surface area (Å²) in [6, 6.07) is 5.92. The molecule has 20 heavy (non-hydrogen) atoms. The predicted octanol–water partition coefficient (Wildman–Crippen LogP) is 2.43. The Morgan fingerprint density at radius 1 is 1.55 bits per heavy atom. The highest BCUT2D eigenvalue weighted by Gasteiger charge is 2.17. The van der Waals surface area contributed by atoms with Crippen molar-refractivity contribution in [1.29, 1.82) is 0 Å². The molecule has 0 aliphatic heterocycles. The summed E-state index contributed by atoms with van der Waals surface area (Å²) in [5.74, 6) is -1.25. The van der Waals surface area contributed by atoms with Crippen molar-refractivity contribution in [3.05, 3.63) is 52.1 Å². The molecule has 1 atom stereocenters. The molecule has 2 rings (SSSR count). The van der Waals surface area contributed by atoms with E-state index in [4.69, 9.17) is 10.2 Å². The number of carbonyl (C=O) groups is 1. The zero-order valence-electron chi connectivity index (χ0n) is 10.3. The zero-order chi connectivity index (χ0) is 14.7. The Bertz CT molecular complexity index is 616. The third kappa shape index (κ3) is 3.17. The highest BCUT2D eigenvalue weighted by molar-refractivity contribution is 9.10. The molecular weight excluding hydrogens is 331 g/mol. The molecule has 0 spiro atoms. The van der Waals surface area contributed by atoms with Gasteiger partial charge in [0.1, 0.15) is 17.7 Å². The maximum atomic E-state index is 13.7. The Morgan fingerprint density at radius 2 is 2.30 bits per heavy atom. The van der Waals surface area contributed by atoms with Gasteiger partial charge in [0.25, 0.3) is 5.91 Å². The summed E-state index contributed by atoms with van der Waals surface area (Å²) in [6.45, 7) is 0.0453. The zero-order valence-corrected chi connectivity index (χ0v) is 11.9. The van der Waals surface area contributed by atoms with Gasteiger partial charge in [-0.05, 0) is 24.3 Å². The average molecular weight is 343 g/mol. The molecule has 0 aliphatic rings. The minimum absolute atomic E-state index is 0.0453. The van der Waals surface area contributed by atoms with E-state index in [1.165, 1.54) is 12.3 Å². The number of aliphatic hydroxyl groups is 1. The Kier molecular flexibility index (Phi) is 4.41. The minimum Gasteiger partial charge on any atom is -0.467 e. The summed E-state index contributed by atoms with van der Waals surface area (Å²) in [4.78, 5) is 11.3. The van der Waals surface area contributed by atoms with E-state index in [1.54, 1.807) is 12.1 Å². The number of aliphatic hydroxyl groups excluding tert-OH is 1. The number of furan rings is 1. The van der Waals surface area contributed by atoms with Crippen LogP contribution in [0.15, 0.2) is 39.4 Å². The van der Waals surface area contributed by atoms with Crippen molar-refractivity contribution in [2.45, 2.75) is 6.10 Å².